The van der Waals surface area contributed by atoms with E-state index >= 15 is 0 Å². The summed E-state index contributed by atoms with van der Waals surface area (Å²) in [4.78, 5) is 0. The highest BCUT2D eigenvalue weighted by Gasteiger charge is 2.36. The van der Waals surface area contributed by atoms with Crippen molar-refractivity contribution in [3.05, 3.63) is 35.5 Å². The summed E-state index contributed by atoms with van der Waals surface area (Å²) in [6, 6.07) is 0. The topological polar surface area (TPSA) is 0 Å². The molecule has 0 saturated carbocycles. The molecule has 0 bridgehead atoms. The summed E-state index contributed by atoms with van der Waals surface area (Å²) in [6.07, 6.45) is 1.21. The molecule has 1 aliphatic carbocycles. The second kappa shape index (κ2) is 4.38. The van der Waals surface area contributed by atoms with Crippen molar-refractivity contribution in [1.29, 1.82) is 0 Å². The minimum absolute atomic E-state index is 0.638. The lowest BCUT2D eigenvalue weighted by molar-refractivity contribution is 0.363. The molecule has 0 saturated heterocycles. The van der Waals surface area contributed by atoms with Crippen molar-refractivity contribution in [2.45, 2.75) is 41.0 Å². The van der Waals surface area contributed by atoms with Crippen LogP contribution < -0.4 is 0 Å². The van der Waals surface area contributed by atoms with E-state index in [4.69, 9.17) is 0 Å². The molecule has 0 spiro atoms. The van der Waals surface area contributed by atoms with Crippen LogP contribution in [0.1, 0.15) is 41.0 Å². The fraction of sp³-hybridized carbons (Fsp3) is 0.600. The summed E-state index contributed by atoms with van der Waals surface area (Å²) in [5.74, 6) is 2.05. The van der Waals surface area contributed by atoms with E-state index in [1.807, 2.05) is 0 Å². The maximum atomic E-state index is 4.14. The zero-order valence-corrected chi connectivity index (χ0v) is 10.9. The van der Waals surface area contributed by atoms with Gasteiger partial charge in [0.05, 0.1) is 0 Å². The molecule has 3 atom stereocenters. The Morgan fingerprint density at radius 1 is 1.07 bits per heavy atom. The van der Waals surface area contributed by atoms with E-state index in [9.17, 15) is 0 Å². The van der Waals surface area contributed by atoms with Gasteiger partial charge in [0, 0.05) is 0 Å². The predicted octanol–water partition coefficient (Wildman–Crippen LogP) is 4.75. The number of allylic oxidation sites excluding steroid dienone is 4. The summed E-state index contributed by atoms with van der Waals surface area (Å²) in [7, 11) is 0. The summed E-state index contributed by atoms with van der Waals surface area (Å²) in [5, 5.41) is 0. The van der Waals surface area contributed by atoms with Crippen LogP contribution in [0, 0.1) is 17.8 Å². The van der Waals surface area contributed by atoms with Gasteiger partial charge in [0.2, 0.25) is 0 Å². The lowest BCUT2D eigenvalue weighted by atomic mass is 9.85. The highest BCUT2D eigenvalue weighted by molar-refractivity contribution is 5.48. The van der Waals surface area contributed by atoms with Gasteiger partial charge in [0.1, 0.15) is 0 Å². The monoisotopic (exact) mass is 204 g/mol. The quantitative estimate of drug-likeness (QED) is 0.622. The van der Waals surface area contributed by atoms with Gasteiger partial charge in [-0.05, 0) is 49.2 Å². The van der Waals surface area contributed by atoms with Crippen LogP contribution in [0.15, 0.2) is 35.5 Å². The normalized spacial score (nSPS) is 30.9. The first kappa shape index (κ1) is 12.3. The molecule has 0 aromatic carbocycles. The van der Waals surface area contributed by atoms with Crippen LogP contribution in [0.25, 0.3) is 0 Å². The Kier molecular flexibility index (Phi) is 3.59. The predicted molar refractivity (Wildman–Crippen MR) is 68.8 cm³/mol. The molecule has 0 fully saturated rings. The second-order valence-corrected chi connectivity index (χ2v) is 5.05. The average molecular weight is 204 g/mol. The molecule has 0 heterocycles. The first-order valence-electron chi connectivity index (χ1n) is 5.97. The molecule has 0 N–H and O–H groups in total. The van der Waals surface area contributed by atoms with E-state index in [0.29, 0.717) is 11.8 Å². The largest absolute Gasteiger partial charge is 0.0958 e. The lowest BCUT2D eigenvalue weighted by Gasteiger charge is -2.20. The van der Waals surface area contributed by atoms with Crippen molar-refractivity contribution in [2.24, 2.45) is 17.8 Å². The summed E-state index contributed by atoms with van der Waals surface area (Å²) in [5.41, 5.74) is 5.42. The SMILES string of the molecule is C=C(C)C1=C(C(=C)C)C(CC)C(C)C1C. The zero-order chi connectivity index (χ0) is 11.7. The van der Waals surface area contributed by atoms with Crippen LogP contribution in [-0.4, -0.2) is 0 Å². The van der Waals surface area contributed by atoms with Gasteiger partial charge in [0.25, 0.3) is 0 Å². The van der Waals surface area contributed by atoms with E-state index in [2.05, 4.69) is 47.8 Å². The fourth-order valence-electron chi connectivity index (χ4n) is 3.06. The van der Waals surface area contributed by atoms with Crippen molar-refractivity contribution in [2.75, 3.05) is 0 Å². The Balaban J connectivity index is 3.27. The maximum absolute atomic E-state index is 4.14. The molecular weight excluding hydrogens is 180 g/mol. The molecular formula is C15H24. The van der Waals surface area contributed by atoms with Gasteiger partial charge >= 0.3 is 0 Å². The van der Waals surface area contributed by atoms with E-state index < -0.39 is 0 Å². The summed E-state index contributed by atoms with van der Waals surface area (Å²) >= 11 is 0. The standard InChI is InChI=1S/C15H24/c1-8-13-11(6)12(7)14(9(2)3)15(13)10(4)5/h11-13H,2,4,8H2,1,3,5-7H3. The third-order valence-electron chi connectivity index (χ3n) is 3.90. The fourth-order valence-corrected chi connectivity index (χ4v) is 3.06. The van der Waals surface area contributed by atoms with E-state index in [-0.39, 0.29) is 0 Å². The first-order valence-corrected chi connectivity index (χ1v) is 5.97. The van der Waals surface area contributed by atoms with Crippen molar-refractivity contribution >= 4 is 0 Å². The molecule has 0 aromatic rings. The van der Waals surface area contributed by atoms with Crippen LogP contribution in [0.2, 0.25) is 0 Å². The van der Waals surface area contributed by atoms with Gasteiger partial charge in [0.15, 0.2) is 0 Å². The number of hydrogen-bond acceptors (Lipinski definition) is 0. The first-order chi connectivity index (χ1) is 6.91. The molecule has 0 amide bonds. The molecule has 3 unspecified atom stereocenters. The van der Waals surface area contributed by atoms with Crippen LogP contribution in [0.5, 0.6) is 0 Å². The Labute approximate surface area is 94.8 Å². The molecule has 0 radical (unpaired) electrons. The maximum Gasteiger partial charge on any atom is -0.0128 e. The minimum Gasteiger partial charge on any atom is -0.0958 e. The summed E-state index contributed by atoms with van der Waals surface area (Å²) in [6.45, 7) is 19.5. The van der Waals surface area contributed by atoms with E-state index in [0.717, 1.165) is 5.92 Å². The average Bonchev–Trinajstić information content (AvgIpc) is 2.39. The highest BCUT2D eigenvalue weighted by Crippen LogP contribution is 2.47. The van der Waals surface area contributed by atoms with Crippen molar-refractivity contribution in [3.63, 3.8) is 0 Å². The smallest absolute Gasteiger partial charge is 0.0128 e. The molecule has 0 aromatic heterocycles. The van der Waals surface area contributed by atoms with Crippen LogP contribution in [0.4, 0.5) is 0 Å². The Morgan fingerprint density at radius 3 is 1.87 bits per heavy atom. The van der Waals surface area contributed by atoms with Gasteiger partial charge in [-0.3, -0.25) is 0 Å². The minimum atomic E-state index is 0.638. The van der Waals surface area contributed by atoms with Crippen molar-refractivity contribution < 1.29 is 0 Å². The van der Waals surface area contributed by atoms with Crippen LogP contribution in [0.3, 0.4) is 0 Å². The van der Waals surface area contributed by atoms with Gasteiger partial charge in [-0.1, -0.05) is 45.1 Å². The van der Waals surface area contributed by atoms with E-state index in [1.165, 1.54) is 28.7 Å². The van der Waals surface area contributed by atoms with Crippen LogP contribution >= 0.6 is 0 Å². The molecule has 1 aliphatic rings. The molecule has 15 heavy (non-hydrogen) atoms. The third-order valence-corrected chi connectivity index (χ3v) is 3.90. The van der Waals surface area contributed by atoms with Crippen molar-refractivity contribution in [3.8, 4) is 0 Å². The number of hydrogen-bond donors (Lipinski definition) is 0. The van der Waals surface area contributed by atoms with Crippen LogP contribution in [-0.2, 0) is 0 Å². The molecule has 0 heteroatoms. The van der Waals surface area contributed by atoms with Gasteiger partial charge in [-0.25, -0.2) is 0 Å². The van der Waals surface area contributed by atoms with E-state index in [1.54, 1.807) is 0 Å². The summed E-state index contributed by atoms with van der Waals surface area (Å²) < 4.78 is 0. The Morgan fingerprint density at radius 2 is 1.53 bits per heavy atom. The van der Waals surface area contributed by atoms with Crippen molar-refractivity contribution in [1.82, 2.24) is 0 Å². The van der Waals surface area contributed by atoms with Gasteiger partial charge in [-0.15, -0.1) is 0 Å². The van der Waals surface area contributed by atoms with Gasteiger partial charge < -0.3 is 0 Å². The Hall–Kier alpha value is -0.780. The molecule has 1 rings (SSSR count). The molecule has 0 nitrogen and oxygen atoms in total. The second-order valence-electron chi connectivity index (χ2n) is 5.05. The molecule has 0 aliphatic heterocycles. The number of rotatable bonds is 3. The van der Waals surface area contributed by atoms with Gasteiger partial charge in [-0.2, -0.15) is 0 Å². The highest BCUT2D eigenvalue weighted by atomic mass is 14.4. The zero-order valence-electron chi connectivity index (χ0n) is 10.9. The molecule has 84 valence electrons. The Bertz CT molecular complexity index is 317. The third kappa shape index (κ3) is 1.95. The lowest BCUT2D eigenvalue weighted by Crippen LogP contribution is -2.12.